The van der Waals surface area contributed by atoms with Crippen LogP contribution in [0.4, 0.5) is 0 Å². The maximum Gasteiger partial charge on any atom is 0.236 e. The number of hydrogen-bond donors (Lipinski definition) is 1. The first kappa shape index (κ1) is 14.2. The summed E-state index contributed by atoms with van der Waals surface area (Å²) in [5.41, 5.74) is 2.21. The summed E-state index contributed by atoms with van der Waals surface area (Å²) in [6.07, 6.45) is 3.54. The minimum atomic E-state index is 0.0812. The third kappa shape index (κ3) is 4.48. The molecule has 4 nitrogen and oxygen atoms in total. The second-order valence-corrected chi connectivity index (χ2v) is 4.70. The summed E-state index contributed by atoms with van der Waals surface area (Å²) in [5, 5.41) is 3.14. The van der Waals surface area contributed by atoms with Crippen molar-refractivity contribution in [2.24, 2.45) is 0 Å². The van der Waals surface area contributed by atoms with Gasteiger partial charge in [-0.3, -0.25) is 9.78 Å². The minimum absolute atomic E-state index is 0.0812. The van der Waals surface area contributed by atoms with Crippen molar-refractivity contribution in [3.8, 4) is 0 Å². The van der Waals surface area contributed by atoms with Gasteiger partial charge in [-0.05, 0) is 17.2 Å². The van der Waals surface area contributed by atoms with Crippen molar-refractivity contribution in [2.45, 2.75) is 13.1 Å². The lowest BCUT2D eigenvalue weighted by Crippen LogP contribution is -2.34. The van der Waals surface area contributed by atoms with Gasteiger partial charge in [-0.1, -0.05) is 36.4 Å². The Kier molecular flexibility index (Phi) is 5.26. The van der Waals surface area contributed by atoms with E-state index in [9.17, 15) is 4.79 Å². The minimum Gasteiger partial charge on any atom is -0.340 e. The first-order valence-corrected chi connectivity index (χ1v) is 6.63. The highest BCUT2D eigenvalue weighted by Crippen LogP contribution is 2.02. The third-order valence-corrected chi connectivity index (χ3v) is 3.02. The van der Waals surface area contributed by atoms with Gasteiger partial charge in [-0.2, -0.15) is 0 Å². The van der Waals surface area contributed by atoms with E-state index in [0.717, 1.165) is 11.1 Å². The van der Waals surface area contributed by atoms with Crippen molar-refractivity contribution >= 4 is 5.91 Å². The Balaban J connectivity index is 1.74. The summed E-state index contributed by atoms with van der Waals surface area (Å²) in [5.74, 6) is 0.0812. The van der Waals surface area contributed by atoms with Gasteiger partial charge in [0.05, 0.1) is 6.54 Å². The molecule has 0 saturated heterocycles. The maximum absolute atomic E-state index is 12.0. The monoisotopic (exact) mass is 269 g/mol. The lowest BCUT2D eigenvalue weighted by atomic mass is 10.2. The number of pyridine rings is 1. The highest BCUT2D eigenvalue weighted by atomic mass is 16.2. The molecule has 2 rings (SSSR count). The predicted octanol–water partition coefficient (Wildman–Crippen LogP) is 1.83. The van der Waals surface area contributed by atoms with Gasteiger partial charge in [0.1, 0.15) is 0 Å². The fourth-order valence-corrected chi connectivity index (χ4v) is 1.90. The molecular weight excluding hydrogens is 250 g/mol. The molecule has 0 aliphatic heterocycles. The Morgan fingerprint density at radius 3 is 2.60 bits per heavy atom. The topological polar surface area (TPSA) is 45.2 Å². The molecule has 0 aliphatic rings. The van der Waals surface area contributed by atoms with Gasteiger partial charge in [0.15, 0.2) is 0 Å². The molecule has 20 heavy (non-hydrogen) atoms. The van der Waals surface area contributed by atoms with Gasteiger partial charge >= 0.3 is 0 Å². The van der Waals surface area contributed by atoms with E-state index < -0.39 is 0 Å². The number of carbonyl (C=O) groups is 1. The van der Waals surface area contributed by atoms with Crippen LogP contribution in [0.5, 0.6) is 0 Å². The lowest BCUT2D eigenvalue weighted by molar-refractivity contribution is -0.129. The van der Waals surface area contributed by atoms with Crippen LogP contribution in [0.2, 0.25) is 0 Å². The quantitative estimate of drug-likeness (QED) is 0.870. The van der Waals surface area contributed by atoms with Crippen molar-refractivity contribution in [3.63, 3.8) is 0 Å². The zero-order valence-corrected chi connectivity index (χ0v) is 11.6. The zero-order chi connectivity index (χ0) is 14.2. The van der Waals surface area contributed by atoms with Crippen molar-refractivity contribution in [1.29, 1.82) is 0 Å². The number of benzene rings is 1. The number of aromatic nitrogens is 1. The van der Waals surface area contributed by atoms with E-state index in [1.54, 1.807) is 17.3 Å². The SMILES string of the molecule is CN(Cc1ccccc1)C(=O)CNCc1cccnc1. The van der Waals surface area contributed by atoms with Gasteiger partial charge in [0.25, 0.3) is 0 Å². The van der Waals surface area contributed by atoms with E-state index in [0.29, 0.717) is 19.6 Å². The van der Waals surface area contributed by atoms with Crippen molar-refractivity contribution < 1.29 is 4.79 Å². The number of hydrogen-bond acceptors (Lipinski definition) is 3. The first-order chi connectivity index (χ1) is 9.75. The van der Waals surface area contributed by atoms with E-state index in [1.165, 1.54) is 0 Å². The molecule has 1 amide bonds. The molecule has 1 aromatic carbocycles. The van der Waals surface area contributed by atoms with E-state index in [1.807, 2.05) is 49.5 Å². The molecule has 0 atom stereocenters. The molecule has 0 fully saturated rings. The second-order valence-electron chi connectivity index (χ2n) is 4.70. The zero-order valence-electron chi connectivity index (χ0n) is 11.6. The third-order valence-electron chi connectivity index (χ3n) is 3.02. The Morgan fingerprint density at radius 1 is 1.15 bits per heavy atom. The molecule has 0 saturated carbocycles. The molecular formula is C16H19N3O. The van der Waals surface area contributed by atoms with Crippen LogP contribution in [-0.2, 0) is 17.9 Å². The molecule has 0 radical (unpaired) electrons. The van der Waals surface area contributed by atoms with Crippen LogP contribution < -0.4 is 5.32 Å². The van der Waals surface area contributed by atoms with Gasteiger partial charge in [0, 0.05) is 32.5 Å². The average Bonchev–Trinajstić information content (AvgIpc) is 2.49. The van der Waals surface area contributed by atoms with Crippen molar-refractivity contribution in [1.82, 2.24) is 15.2 Å². The van der Waals surface area contributed by atoms with Crippen LogP contribution in [0.3, 0.4) is 0 Å². The molecule has 0 aliphatic carbocycles. The Hall–Kier alpha value is -2.20. The number of amides is 1. The molecule has 2 aromatic rings. The number of nitrogens with zero attached hydrogens (tertiary/aromatic N) is 2. The molecule has 0 unspecified atom stereocenters. The molecule has 4 heteroatoms. The summed E-state index contributed by atoms with van der Waals surface area (Å²) >= 11 is 0. The summed E-state index contributed by atoms with van der Waals surface area (Å²) < 4.78 is 0. The lowest BCUT2D eigenvalue weighted by Gasteiger charge is -2.17. The summed E-state index contributed by atoms with van der Waals surface area (Å²) in [4.78, 5) is 17.8. The number of likely N-dealkylation sites (N-methyl/N-ethyl adjacent to an activating group) is 1. The number of rotatable bonds is 6. The van der Waals surface area contributed by atoms with Crippen LogP contribution in [0.25, 0.3) is 0 Å². The number of nitrogens with one attached hydrogen (secondary N) is 1. The van der Waals surface area contributed by atoms with Crippen molar-refractivity contribution in [2.75, 3.05) is 13.6 Å². The van der Waals surface area contributed by atoms with Crippen LogP contribution >= 0.6 is 0 Å². The van der Waals surface area contributed by atoms with Gasteiger partial charge in [-0.15, -0.1) is 0 Å². The highest BCUT2D eigenvalue weighted by molar-refractivity contribution is 5.77. The van der Waals surface area contributed by atoms with Crippen LogP contribution in [0.1, 0.15) is 11.1 Å². The van der Waals surface area contributed by atoms with Crippen LogP contribution in [0, 0.1) is 0 Å². The Bertz CT molecular complexity index is 528. The predicted molar refractivity (Wildman–Crippen MR) is 78.9 cm³/mol. The second kappa shape index (κ2) is 7.40. The normalized spacial score (nSPS) is 10.2. The average molecular weight is 269 g/mol. The Labute approximate surface area is 119 Å². The van der Waals surface area contributed by atoms with Crippen molar-refractivity contribution in [3.05, 3.63) is 66.0 Å². The standard InChI is InChI=1S/C16H19N3O/c1-19(13-14-6-3-2-4-7-14)16(20)12-18-11-15-8-5-9-17-10-15/h2-10,18H,11-13H2,1H3. The maximum atomic E-state index is 12.0. The van der Waals surface area contributed by atoms with Gasteiger partial charge in [-0.25, -0.2) is 0 Å². The van der Waals surface area contributed by atoms with E-state index in [2.05, 4.69) is 10.3 Å². The fourth-order valence-electron chi connectivity index (χ4n) is 1.90. The summed E-state index contributed by atoms with van der Waals surface area (Å²) in [7, 11) is 1.82. The van der Waals surface area contributed by atoms with Crippen LogP contribution in [0.15, 0.2) is 54.9 Å². The molecule has 104 valence electrons. The fraction of sp³-hybridized carbons (Fsp3) is 0.250. The number of carbonyl (C=O) groups excluding carboxylic acids is 1. The van der Waals surface area contributed by atoms with Crippen LogP contribution in [-0.4, -0.2) is 29.4 Å². The first-order valence-electron chi connectivity index (χ1n) is 6.63. The summed E-state index contributed by atoms with van der Waals surface area (Å²) in [6.45, 7) is 1.62. The van der Waals surface area contributed by atoms with Gasteiger partial charge < -0.3 is 10.2 Å². The molecule has 1 N–H and O–H groups in total. The molecule has 1 heterocycles. The molecule has 1 aromatic heterocycles. The Morgan fingerprint density at radius 2 is 1.90 bits per heavy atom. The highest BCUT2D eigenvalue weighted by Gasteiger charge is 2.08. The molecule has 0 bridgehead atoms. The van der Waals surface area contributed by atoms with E-state index in [4.69, 9.17) is 0 Å². The summed E-state index contributed by atoms with van der Waals surface area (Å²) in [6, 6.07) is 13.8. The molecule has 0 spiro atoms. The van der Waals surface area contributed by atoms with E-state index >= 15 is 0 Å². The van der Waals surface area contributed by atoms with E-state index in [-0.39, 0.29) is 5.91 Å². The smallest absolute Gasteiger partial charge is 0.236 e. The largest absolute Gasteiger partial charge is 0.340 e. The van der Waals surface area contributed by atoms with Gasteiger partial charge in [0.2, 0.25) is 5.91 Å².